The quantitative estimate of drug-likeness (QED) is 0.946. The third-order valence-corrected chi connectivity index (χ3v) is 5.72. The number of carbonyl (C=O) groups is 1. The molecule has 2 N–H and O–H groups in total. The fourth-order valence-electron chi connectivity index (χ4n) is 3.57. The number of benzene rings is 1. The average molecular weight is 316 g/mol. The third kappa shape index (κ3) is 2.16. The van der Waals surface area contributed by atoms with Crippen molar-refractivity contribution in [2.75, 3.05) is 13.1 Å². The summed E-state index contributed by atoms with van der Waals surface area (Å²) in [6.45, 7) is 1.36. The highest BCUT2D eigenvalue weighted by Gasteiger charge is 2.53. The number of fused-ring (bicyclic) bond motifs is 1. The van der Waals surface area contributed by atoms with E-state index < -0.39 is 0 Å². The van der Waals surface area contributed by atoms with E-state index in [-0.39, 0.29) is 17.8 Å². The molecule has 22 heavy (non-hydrogen) atoms. The highest BCUT2D eigenvalue weighted by atomic mass is 32.1. The number of carbonyl (C=O) groups excluding carboxylic acids is 1. The Labute approximate surface area is 132 Å². The van der Waals surface area contributed by atoms with Crippen LogP contribution in [-0.4, -0.2) is 29.9 Å². The van der Waals surface area contributed by atoms with Crippen LogP contribution in [-0.2, 0) is 0 Å². The number of likely N-dealkylation sites (tertiary alicyclic amines) is 1. The lowest BCUT2D eigenvalue weighted by atomic mass is 10.1. The predicted molar refractivity (Wildman–Crippen MR) is 85.2 cm³/mol. The summed E-state index contributed by atoms with van der Waals surface area (Å²) in [5.74, 6) is 1.04. The molecular weight excluding hydrogens is 299 g/mol. The monoisotopic (exact) mass is 316 g/mol. The van der Waals surface area contributed by atoms with Gasteiger partial charge in [-0.15, -0.1) is 11.3 Å². The number of nitrogens with two attached hydrogens (primary N) is 1. The van der Waals surface area contributed by atoms with E-state index in [4.69, 9.17) is 5.73 Å². The zero-order chi connectivity index (χ0) is 15.3. The minimum absolute atomic E-state index is 0.0666. The first-order valence-corrected chi connectivity index (χ1v) is 8.41. The molecule has 3 atom stereocenters. The molecule has 3 nitrogen and oxygen atoms in total. The minimum atomic E-state index is -0.269. The molecule has 1 amide bonds. The Balaban J connectivity index is 1.65. The van der Waals surface area contributed by atoms with Crippen molar-refractivity contribution in [3.05, 3.63) is 46.4 Å². The fraction of sp³-hybridized carbons (Fsp3) is 0.353. The largest absolute Gasteiger partial charge is 0.333 e. The molecule has 2 aliphatic rings. The van der Waals surface area contributed by atoms with Crippen molar-refractivity contribution in [2.45, 2.75) is 12.5 Å². The van der Waals surface area contributed by atoms with Gasteiger partial charge in [-0.25, -0.2) is 4.39 Å². The zero-order valence-corrected chi connectivity index (χ0v) is 12.9. The normalized spacial score (nSPS) is 26.1. The van der Waals surface area contributed by atoms with Crippen molar-refractivity contribution in [2.24, 2.45) is 17.6 Å². The summed E-state index contributed by atoms with van der Waals surface area (Å²) in [4.78, 5) is 15.6. The molecule has 0 spiro atoms. The molecule has 1 aromatic carbocycles. The Morgan fingerprint density at radius 1 is 1.32 bits per heavy atom. The second-order valence-corrected chi connectivity index (χ2v) is 7.01. The van der Waals surface area contributed by atoms with Gasteiger partial charge >= 0.3 is 0 Å². The molecule has 0 unspecified atom stereocenters. The number of hydrogen-bond donors (Lipinski definition) is 1. The standard InChI is InChI=1S/C17H17FN2OS/c18-12-3-1-10(2-4-12)13-5-6-22-16(13)17(21)20-9-11-7-14(11)15(20)8-19/h1-6,11,14-15H,7-9,19H2/t11-,14-,15+/m0/s1. The van der Waals surface area contributed by atoms with E-state index in [0.29, 0.717) is 18.4 Å². The molecule has 1 aromatic heterocycles. The van der Waals surface area contributed by atoms with Crippen LogP contribution in [0.5, 0.6) is 0 Å². The first-order valence-electron chi connectivity index (χ1n) is 7.53. The maximum Gasteiger partial charge on any atom is 0.264 e. The number of thiophene rings is 1. The van der Waals surface area contributed by atoms with Gasteiger partial charge in [0.1, 0.15) is 5.82 Å². The molecule has 2 heterocycles. The number of hydrogen-bond acceptors (Lipinski definition) is 3. The topological polar surface area (TPSA) is 46.3 Å². The first kappa shape index (κ1) is 13.9. The van der Waals surface area contributed by atoms with E-state index in [1.807, 2.05) is 16.3 Å². The van der Waals surface area contributed by atoms with E-state index >= 15 is 0 Å². The van der Waals surface area contributed by atoms with E-state index in [1.165, 1.54) is 29.9 Å². The number of rotatable bonds is 3. The van der Waals surface area contributed by atoms with E-state index in [2.05, 4.69) is 0 Å². The van der Waals surface area contributed by atoms with Gasteiger partial charge in [-0.3, -0.25) is 4.79 Å². The number of piperidine rings is 1. The Morgan fingerprint density at radius 2 is 2.09 bits per heavy atom. The van der Waals surface area contributed by atoms with Crippen LogP contribution in [0.1, 0.15) is 16.1 Å². The lowest BCUT2D eigenvalue weighted by molar-refractivity contribution is 0.0718. The Bertz CT molecular complexity index is 712. The van der Waals surface area contributed by atoms with Crippen molar-refractivity contribution in [1.29, 1.82) is 0 Å². The van der Waals surface area contributed by atoms with E-state index in [9.17, 15) is 9.18 Å². The van der Waals surface area contributed by atoms with Gasteiger partial charge in [-0.05, 0) is 47.4 Å². The summed E-state index contributed by atoms with van der Waals surface area (Å²) < 4.78 is 13.1. The van der Waals surface area contributed by atoms with Crippen molar-refractivity contribution >= 4 is 17.2 Å². The van der Waals surface area contributed by atoms with Gasteiger partial charge in [-0.2, -0.15) is 0 Å². The second kappa shape index (κ2) is 5.18. The molecule has 0 bridgehead atoms. The molecule has 114 valence electrons. The Hall–Kier alpha value is -1.72. The van der Waals surface area contributed by atoms with Crippen LogP contribution in [0.4, 0.5) is 4.39 Å². The van der Waals surface area contributed by atoms with Gasteiger partial charge < -0.3 is 10.6 Å². The lowest BCUT2D eigenvalue weighted by Crippen LogP contribution is -2.42. The van der Waals surface area contributed by atoms with Crippen molar-refractivity contribution < 1.29 is 9.18 Å². The van der Waals surface area contributed by atoms with Crippen LogP contribution in [0.2, 0.25) is 0 Å². The second-order valence-electron chi connectivity index (χ2n) is 6.09. The predicted octanol–water partition coefficient (Wildman–Crippen LogP) is 2.97. The average Bonchev–Trinajstić information content (AvgIpc) is 2.99. The molecule has 1 aliphatic heterocycles. The molecule has 0 radical (unpaired) electrons. The van der Waals surface area contributed by atoms with Gasteiger partial charge in [0.2, 0.25) is 0 Å². The minimum Gasteiger partial charge on any atom is -0.333 e. The van der Waals surface area contributed by atoms with Crippen molar-refractivity contribution in [1.82, 2.24) is 4.90 Å². The molecule has 4 rings (SSSR count). The lowest BCUT2D eigenvalue weighted by Gasteiger charge is -2.26. The zero-order valence-electron chi connectivity index (χ0n) is 12.0. The Kier molecular flexibility index (Phi) is 3.27. The maximum atomic E-state index is 13.1. The van der Waals surface area contributed by atoms with Gasteiger partial charge in [0.05, 0.1) is 4.88 Å². The molecule has 1 saturated heterocycles. The van der Waals surface area contributed by atoms with Crippen LogP contribution in [0.15, 0.2) is 35.7 Å². The molecule has 5 heteroatoms. The summed E-state index contributed by atoms with van der Waals surface area (Å²) in [5.41, 5.74) is 7.62. The summed E-state index contributed by atoms with van der Waals surface area (Å²) in [6, 6.07) is 8.40. The SMILES string of the molecule is NC[C@@H]1[C@H]2C[C@H]2CN1C(=O)c1sccc1-c1ccc(F)cc1. The fourth-order valence-corrected chi connectivity index (χ4v) is 4.44. The molecule has 1 saturated carbocycles. The van der Waals surface area contributed by atoms with Crippen molar-refractivity contribution in [3.8, 4) is 11.1 Å². The molecule has 2 aromatic rings. The van der Waals surface area contributed by atoms with Crippen molar-refractivity contribution in [3.63, 3.8) is 0 Å². The van der Waals surface area contributed by atoms with Crippen LogP contribution >= 0.6 is 11.3 Å². The van der Waals surface area contributed by atoms with Crippen LogP contribution in [0.3, 0.4) is 0 Å². The number of amides is 1. The van der Waals surface area contributed by atoms with Gasteiger partial charge in [0.15, 0.2) is 0 Å². The van der Waals surface area contributed by atoms with Gasteiger partial charge in [0, 0.05) is 24.7 Å². The summed E-state index contributed by atoms with van der Waals surface area (Å²) in [7, 11) is 0. The summed E-state index contributed by atoms with van der Waals surface area (Å²) in [5, 5.41) is 1.92. The van der Waals surface area contributed by atoms with Crippen LogP contribution in [0.25, 0.3) is 11.1 Å². The van der Waals surface area contributed by atoms with Gasteiger partial charge in [-0.1, -0.05) is 12.1 Å². The number of halogens is 1. The van der Waals surface area contributed by atoms with Crippen LogP contribution < -0.4 is 5.73 Å². The number of nitrogens with zero attached hydrogens (tertiary/aromatic N) is 1. The summed E-state index contributed by atoms with van der Waals surface area (Å²) in [6.07, 6.45) is 1.21. The summed E-state index contributed by atoms with van der Waals surface area (Å²) >= 11 is 1.45. The molecular formula is C17H17FN2OS. The van der Waals surface area contributed by atoms with E-state index in [1.54, 1.807) is 12.1 Å². The third-order valence-electron chi connectivity index (χ3n) is 4.82. The molecule has 1 aliphatic carbocycles. The first-order chi connectivity index (χ1) is 10.7. The smallest absolute Gasteiger partial charge is 0.264 e. The van der Waals surface area contributed by atoms with E-state index in [0.717, 1.165) is 22.5 Å². The maximum absolute atomic E-state index is 13.1. The highest BCUT2D eigenvalue weighted by Crippen LogP contribution is 2.50. The Morgan fingerprint density at radius 3 is 2.82 bits per heavy atom. The van der Waals surface area contributed by atoms with Gasteiger partial charge in [0.25, 0.3) is 5.91 Å². The van der Waals surface area contributed by atoms with Crippen LogP contribution in [0, 0.1) is 17.7 Å². The highest BCUT2D eigenvalue weighted by molar-refractivity contribution is 7.12. The molecule has 2 fully saturated rings.